The maximum atomic E-state index is 5.48. The fourth-order valence-electron chi connectivity index (χ4n) is 2.32. The SMILES string of the molecule is C=CCOc1nc(NCCOCCOCCN)nc(NCc2cccc(OC)c2)n1. The Bertz CT molecular complexity index is 762. The normalized spacial score (nSPS) is 10.5. The Morgan fingerprint density at radius 2 is 1.80 bits per heavy atom. The quantitative estimate of drug-likeness (QED) is 0.272. The molecule has 0 fully saturated rings. The third-order valence-corrected chi connectivity index (χ3v) is 3.69. The van der Waals surface area contributed by atoms with Gasteiger partial charge in [-0.2, -0.15) is 15.0 Å². The fraction of sp³-hybridized carbons (Fsp3) is 0.450. The van der Waals surface area contributed by atoms with Gasteiger partial charge in [0.25, 0.3) is 0 Å². The first kappa shape index (κ1) is 23.3. The van der Waals surface area contributed by atoms with Gasteiger partial charge in [0.05, 0.1) is 33.5 Å². The predicted octanol–water partition coefficient (Wildman–Crippen LogP) is 1.46. The van der Waals surface area contributed by atoms with Crippen LogP contribution in [0.4, 0.5) is 11.9 Å². The molecule has 0 aliphatic carbocycles. The summed E-state index contributed by atoms with van der Waals surface area (Å²) in [4.78, 5) is 12.9. The zero-order valence-corrected chi connectivity index (χ0v) is 17.3. The molecule has 4 N–H and O–H groups in total. The zero-order valence-electron chi connectivity index (χ0n) is 17.3. The summed E-state index contributed by atoms with van der Waals surface area (Å²) in [6, 6.07) is 7.95. The van der Waals surface area contributed by atoms with Crippen LogP contribution >= 0.6 is 0 Å². The van der Waals surface area contributed by atoms with E-state index in [0.717, 1.165) is 11.3 Å². The molecule has 164 valence electrons. The van der Waals surface area contributed by atoms with Crippen LogP contribution in [0.1, 0.15) is 5.56 Å². The lowest BCUT2D eigenvalue weighted by molar-refractivity contribution is 0.0547. The van der Waals surface area contributed by atoms with Gasteiger partial charge in [0.2, 0.25) is 11.9 Å². The maximum Gasteiger partial charge on any atom is 0.323 e. The summed E-state index contributed by atoms with van der Waals surface area (Å²) in [6.07, 6.45) is 1.63. The molecular weight excluding hydrogens is 388 g/mol. The van der Waals surface area contributed by atoms with Gasteiger partial charge in [0.1, 0.15) is 12.4 Å². The van der Waals surface area contributed by atoms with Gasteiger partial charge in [-0.25, -0.2) is 0 Å². The zero-order chi connectivity index (χ0) is 21.4. The van der Waals surface area contributed by atoms with Gasteiger partial charge in [0.15, 0.2) is 0 Å². The van der Waals surface area contributed by atoms with E-state index in [1.54, 1.807) is 13.2 Å². The van der Waals surface area contributed by atoms with E-state index in [1.165, 1.54) is 0 Å². The van der Waals surface area contributed by atoms with E-state index in [1.807, 2.05) is 24.3 Å². The Morgan fingerprint density at radius 1 is 1.03 bits per heavy atom. The molecule has 0 atom stereocenters. The molecule has 2 aromatic rings. The van der Waals surface area contributed by atoms with Gasteiger partial charge in [-0.1, -0.05) is 24.8 Å². The van der Waals surface area contributed by atoms with Gasteiger partial charge in [-0.15, -0.1) is 0 Å². The second-order valence-corrected chi connectivity index (χ2v) is 6.01. The summed E-state index contributed by atoms with van der Waals surface area (Å²) < 4.78 is 21.4. The molecule has 0 spiro atoms. The number of methoxy groups -OCH3 is 1. The van der Waals surface area contributed by atoms with Crippen LogP contribution < -0.4 is 25.8 Å². The van der Waals surface area contributed by atoms with Crippen LogP contribution in [0.25, 0.3) is 0 Å². The van der Waals surface area contributed by atoms with E-state index >= 15 is 0 Å². The minimum Gasteiger partial charge on any atom is -0.497 e. The summed E-state index contributed by atoms with van der Waals surface area (Å²) in [6.45, 7) is 7.51. The third-order valence-electron chi connectivity index (χ3n) is 3.69. The Hall–Kier alpha value is -2.95. The van der Waals surface area contributed by atoms with Crippen LogP contribution in [0.3, 0.4) is 0 Å². The van der Waals surface area contributed by atoms with Gasteiger partial charge in [-0.3, -0.25) is 0 Å². The highest BCUT2D eigenvalue weighted by molar-refractivity contribution is 5.37. The average molecular weight is 418 g/mol. The number of nitrogens with zero attached hydrogens (tertiary/aromatic N) is 3. The van der Waals surface area contributed by atoms with Crippen molar-refractivity contribution in [2.45, 2.75) is 6.54 Å². The smallest absolute Gasteiger partial charge is 0.323 e. The molecule has 0 saturated heterocycles. The number of ether oxygens (including phenoxy) is 4. The summed E-state index contributed by atoms with van der Waals surface area (Å²) in [7, 11) is 1.64. The molecule has 1 aromatic carbocycles. The molecule has 2 rings (SSSR count). The van der Waals surface area contributed by atoms with Gasteiger partial charge >= 0.3 is 6.01 Å². The highest BCUT2D eigenvalue weighted by atomic mass is 16.5. The Balaban J connectivity index is 1.88. The van der Waals surface area contributed by atoms with Gasteiger partial charge in [-0.05, 0) is 17.7 Å². The average Bonchev–Trinajstić information content (AvgIpc) is 2.78. The Labute approximate surface area is 176 Å². The van der Waals surface area contributed by atoms with E-state index in [4.69, 9.17) is 24.7 Å². The predicted molar refractivity (Wildman–Crippen MR) is 115 cm³/mol. The number of nitrogens with one attached hydrogen (secondary N) is 2. The monoisotopic (exact) mass is 418 g/mol. The lowest BCUT2D eigenvalue weighted by Gasteiger charge is -2.11. The molecule has 0 radical (unpaired) electrons. The number of aromatic nitrogens is 3. The van der Waals surface area contributed by atoms with Crippen molar-refractivity contribution >= 4 is 11.9 Å². The lowest BCUT2D eigenvalue weighted by Crippen LogP contribution is -2.16. The van der Waals surface area contributed by atoms with E-state index in [0.29, 0.717) is 64.6 Å². The number of rotatable bonds is 16. The molecule has 1 aromatic heterocycles. The van der Waals surface area contributed by atoms with Crippen molar-refractivity contribution in [2.75, 3.05) is 63.9 Å². The molecule has 0 aliphatic heterocycles. The van der Waals surface area contributed by atoms with Gasteiger partial charge < -0.3 is 35.3 Å². The van der Waals surface area contributed by atoms with Crippen LogP contribution in [-0.4, -0.2) is 68.2 Å². The first-order valence-electron chi connectivity index (χ1n) is 9.71. The number of hydrogen-bond donors (Lipinski definition) is 3. The highest BCUT2D eigenvalue weighted by Gasteiger charge is 2.08. The molecule has 0 saturated carbocycles. The minimum atomic E-state index is 0.205. The molecule has 10 heteroatoms. The van der Waals surface area contributed by atoms with E-state index in [-0.39, 0.29) is 6.01 Å². The Kier molecular flexibility index (Phi) is 11.0. The molecule has 1 heterocycles. The van der Waals surface area contributed by atoms with E-state index in [2.05, 4.69) is 32.2 Å². The van der Waals surface area contributed by atoms with E-state index in [9.17, 15) is 0 Å². The van der Waals surface area contributed by atoms with E-state index < -0.39 is 0 Å². The second kappa shape index (κ2) is 14.1. The number of anilines is 2. The first-order valence-corrected chi connectivity index (χ1v) is 9.71. The van der Waals surface area contributed by atoms with Crippen molar-refractivity contribution in [3.8, 4) is 11.8 Å². The number of nitrogens with two attached hydrogens (primary N) is 1. The minimum absolute atomic E-state index is 0.205. The van der Waals surface area contributed by atoms with Crippen molar-refractivity contribution in [2.24, 2.45) is 5.73 Å². The van der Waals surface area contributed by atoms with Crippen LogP contribution in [0.2, 0.25) is 0 Å². The number of hydrogen-bond acceptors (Lipinski definition) is 10. The van der Waals surface area contributed by atoms with Crippen LogP contribution in [0.15, 0.2) is 36.9 Å². The topological polar surface area (TPSA) is 126 Å². The summed E-state index contributed by atoms with van der Waals surface area (Å²) in [5.74, 6) is 1.57. The van der Waals surface area contributed by atoms with Crippen molar-refractivity contribution < 1.29 is 18.9 Å². The van der Waals surface area contributed by atoms with Crippen molar-refractivity contribution in [1.29, 1.82) is 0 Å². The van der Waals surface area contributed by atoms with Crippen LogP contribution in [0, 0.1) is 0 Å². The molecule has 0 amide bonds. The van der Waals surface area contributed by atoms with Crippen molar-refractivity contribution in [3.05, 3.63) is 42.5 Å². The summed E-state index contributed by atoms with van der Waals surface area (Å²) in [5.41, 5.74) is 6.39. The highest BCUT2D eigenvalue weighted by Crippen LogP contribution is 2.15. The third kappa shape index (κ3) is 9.03. The largest absolute Gasteiger partial charge is 0.497 e. The first-order chi connectivity index (χ1) is 14.7. The van der Waals surface area contributed by atoms with Crippen molar-refractivity contribution in [3.63, 3.8) is 0 Å². The van der Waals surface area contributed by atoms with Gasteiger partial charge in [0, 0.05) is 19.6 Å². The van der Waals surface area contributed by atoms with Crippen LogP contribution in [0.5, 0.6) is 11.8 Å². The molecular formula is C20H30N6O4. The number of benzene rings is 1. The Morgan fingerprint density at radius 3 is 2.53 bits per heavy atom. The summed E-state index contributed by atoms with van der Waals surface area (Å²) in [5, 5.41) is 6.28. The standard InChI is InChI=1S/C20H30N6O4/c1-3-9-30-20-25-18(22-8-11-29-13-12-28-10-7-21)24-19(26-20)23-15-16-5-4-6-17(14-16)27-2/h3-6,14H,1,7-13,15,21H2,2H3,(H2,22,23,24,25,26). The van der Waals surface area contributed by atoms with Crippen molar-refractivity contribution in [1.82, 2.24) is 15.0 Å². The molecule has 0 aliphatic rings. The van der Waals surface area contributed by atoms with Crippen LogP contribution in [-0.2, 0) is 16.0 Å². The molecule has 30 heavy (non-hydrogen) atoms. The molecule has 10 nitrogen and oxygen atoms in total. The maximum absolute atomic E-state index is 5.48. The summed E-state index contributed by atoms with van der Waals surface area (Å²) >= 11 is 0. The lowest BCUT2D eigenvalue weighted by atomic mass is 10.2. The molecule has 0 bridgehead atoms. The second-order valence-electron chi connectivity index (χ2n) is 6.01. The fourth-order valence-corrected chi connectivity index (χ4v) is 2.32. The molecule has 0 unspecified atom stereocenters.